The van der Waals surface area contributed by atoms with Gasteiger partial charge in [-0.1, -0.05) is 42.5 Å². The molecule has 0 spiro atoms. The Balaban J connectivity index is 2.00. The first-order valence-electron chi connectivity index (χ1n) is 6.53. The molecule has 20 heavy (non-hydrogen) atoms. The smallest absolute Gasteiger partial charge is 0.414 e. The molecule has 1 aliphatic rings. The lowest BCUT2D eigenvalue weighted by Crippen LogP contribution is -2.39. The van der Waals surface area contributed by atoms with Crippen molar-refractivity contribution in [3.05, 3.63) is 60.3 Å². The highest BCUT2D eigenvalue weighted by molar-refractivity contribution is 5.92. The summed E-state index contributed by atoms with van der Waals surface area (Å²) in [5, 5.41) is 0. The van der Waals surface area contributed by atoms with Crippen molar-refractivity contribution in [2.24, 2.45) is 0 Å². The summed E-state index contributed by atoms with van der Waals surface area (Å²) in [5.41, 5.74) is 0.931. The molecule has 0 saturated heterocycles. The maximum atomic E-state index is 12.1. The summed E-state index contributed by atoms with van der Waals surface area (Å²) in [6.45, 7) is 2.08. The molecule has 1 atom stereocenters. The molecule has 104 valence electrons. The van der Waals surface area contributed by atoms with Gasteiger partial charge in [0.25, 0.3) is 0 Å². The van der Waals surface area contributed by atoms with Crippen molar-refractivity contribution in [1.82, 2.24) is 4.90 Å². The Labute approximate surface area is 118 Å². The van der Waals surface area contributed by atoms with Crippen LogP contribution < -0.4 is 0 Å². The second kappa shape index (κ2) is 6.70. The third kappa shape index (κ3) is 3.57. The maximum absolute atomic E-state index is 12.1. The standard InChI is InChI=1S/C16H17NO3/c1-2-6-14-11-15(18)9-10-17(14)16(19)20-12-13-7-4-3-5-8-13/h2-10,14H,11-12H2,1H3/b6-2-/t14-/m0/s1. The van der Waals surface area contributed by atoms with Crippen LogP contribution in [0.3, 0.4) is 0 Å². The number of ether oxygens (including phenoxy) is 1. The van der Waals surface area contributed by atoms with Gasteiger partial charge < -0.3 is 4.74 Å². The minimum absolute atomic E-state index is 0.0141. The summed E-state index contributed by atoms with van der Waals surface area (Å²) in [5.74, 6) is 0.0141. The van der Waals surface area contributed by atoms with Crippen molar-refractivity contribution in [1.29, 1.82) is 0 Å². The number of carbonyl (C=O) groups excluding carboxylic acids is 2. The third-order valence-corrected chi connectivity index (χ3v) is 3.02. The van der Waals surface area contributed by atoms with Gasteiger partial charge in [-0.15, -0.1) is 0 Å². The zero-order chi connectivity index (χ0) is 14.4. The van der Waals surface area contributed by atoms with E-state index in [0.29, 0.717) is 6.42 Å². The topological polar surface area (TPSA) is 46.6 Å². The predicted molar refractivity (Wildman–Crippen MR) is 75.8 cm³/mol. The summed E-state index contributed by atoms with van der Waals surface area (Å²) in [6.07, 6.45) is 6.40. The van der Waals surface area contributed by atoms with Crippen LogP contribution >= 0.6 is 0 Å². The average Bonchev–Trinajstić information content (AvgIpc) is 2.46. The maximum Gasteiger partial charge on any atom is 0.414 e. The molecule has 1 aromatic rings. The monoisotopic (exact) mass is 271 g/mol. The third-order valence-electron chi connectivity index (χ3n) is 3.02. The SMILES string of the molecule is C/C=C\[C@H]1CC(=O)C=CN1C(=O)OCc1ccccc1. The molecule has 0 aromatic heterocycles. The molecule has 0 bridgehead atoms. The van der Waals surface area contributed by atoms with Crippen LogP contribution in [0.5, 0.6) is 0 Å². The molecule has 1 amide bonds. The van der Waals surface area contributed by atoms with E-state index in [2.05, 4.69) is 0 Å². The largest absolute Gasteiger partial charge is 0.444 e. The molecular formula is C16H17NO3. The Bertz CT molecular complexity index is 534. The Morgan fingerprint density at radius 2 is 2.15 bits per heavy atom. The number of allylic oxidation sites excluding steroid dienone is 2. The second-order valence-electron chi connectivity index (χ2n) is 4.53. The van der Waals surface area contributed by atoms with Gasteiger partial charge in [-0.05, 0) is 18.6 Å². The lowest BCUT2D eigenvalue weighted by atomic mass is 10.1. The van der Waals surface area contributed by atoms with Gasteiger partial charge >= 0.3 is 6.09 Å². The highest BCUT2D eigenvalue weighted by Crippen LogP contribution is 2.16. The summed E-state index contributed by atoms with van der Waals surface area (Å²) in [7, 11) is 0. The highest BCUT2D eigenvalue weighted by Gasteiger charge is 2.26. The van der Waals surface area contributed by atoms with Crippen LogP contribution in [0.15, 0.2) is 54.8 Å². The van der Waals surface area contributed by atoms with E-state index < -0.39 is 6.09 Å². The van der Waals surface area contributed by atoms with E-state index in [9.17, 15) is 9.59 Å². The molecule has 0 unspecified atom stereocenters. The van der Waals surface area contributed by atoms with Gasteiger partial charge in [0, 0.05) is 12.6 Å². The molecule has 0 N–H and O–H groups in total. The van der Waals surface area contributed by atoms with E-state index in [1.807, 2.05) is 49.4 Å². The van der Waals surface area contributed by atoms with Gasteiger partial charge in [0.05, 0.1) is 6.04 Å². The average molecular weight is 271 g/mol. The lowest BCUT2D eigenvalue weighted by molar-refractivity contribution is -0.115. The van der Waals surface area contributed by atoms with Gasteiger partial charge in [0.2, 0.25) is 0 Å². The van der Waals surface area contributed by atoms with Crippen LogP contribution in [0.1, 0.15) is 18.9 Å². The van der Waals surface area contributed by atoms with Crippen molar-refractivity contribution >= 4 is 11.9 Å². The van der Waals surface area contributed by atoms with Crippen LogP contribution in [0.4, 0.5) is 4.79 Å². The van der Waals surface area contributed by atoms with Crippen LogP contribution in [0, 0.1) is 0 Å². The first-order valence-corrected chi connectivity index (χ1v) is 6.53. The lowest BCUT2D eigenvalue weighted by Gasteiger charge is -2.27. The van der Waals surface area contributed by atoms with Crippen molar-refractivity contribution in [2.75, 3.05) is 0 Å². The first-order chi connectivity index (χ1) is 9.70. The van der Waals surface area contributed by atoms with E-state index >= 15 is 0 Å². The normalized spacial score (nSPS) is 18.6. The molecule has 0 fully saturated rings. The Hall–Kier alpha value is -2.36. The molecule has 1 aliphatic heterocycles. The van der Waals surface area contributed by atoms with Gasteiger partial charge in [-0.3, -0.25) is 9.69 Å². The number of hydrogen-bond donors (Lipinski definition) is 0. The predicted octanol–water partition coefficient (Wildman–Crippen LogP) is 3.06. The molecule has 0 aliphatic carbocycles. The number of hydrogen-bond acceptors (Lipinski definition) is 3. The summed E-state index contributed by atoms with van der Waals surface area (Å²) in [4.78, 5) is 24.9. The number of rotatable bonds is 3. The Morgan fingerprint density at radius 1 is 1.40 bits per heavy atom. The molecule has 4 heteroatoms. The van der Waals surface area contributed by atoms with E-state index in [-0.39, 0.29) is 18.4 Å². The van der Waals surface area contributed by atoms with Crippen LogP contribution in [0.25, 0.3) is 0 Å². The molecule has 1 heterocycles. The Morgan fingerprint density at radius 3 is 2.85 bits per heavy atom. The van der Waals surface area contributed by atoms with Crippen LogP contribution in [-0.4, -0.2) is 22.8 Å². The number of ketones is 1. The minimum atomic E-state index is -0.444. The van der Waals surface area contributed by atoms with Crippen LogP contribution in [0.2, 0.25) is 0 Å². The quantitative estimate of drug-likeness (QED) is 0.794. The summed E-state index contributed by atoms with van der Waals surface area (Å²) >= 11 is 0. The van der Waals surface area contributed by atoms with Gasteiger partial charge in [0.15, 0.2) is 5.78 Å². The van der Waals surface area contributed by atoms with Gasteiger partial charge in [-0.2, -0.15) is 0 Å². The van der Waals surface area contributed by atoms with E-state index in [0.717, 1.165) is 5.56 Å². The molecule has 0 radical (unpaired) electrons. The molecule has 2 rings (SSSR count). The number of amides is 1. The fourth-order valence-electron chi connectivity index (χ4n) is 2.02. The van der Waals surface area contributed by atoms with Crippen molar-refractivity contribution in [3.63, 3.8) is 0 Å². The zero-order valence-corrected chi connectivity index (χ0v) is 11.4. The Kier molecular flexibility index (Phi) is 4.71. The van der Waals surface area contributed by atoms with Crippen molar-refractivity contribution in [3.8, 4) is 0 Å². The van der Waals surface area contributed by atoms with Crippen molar-refractivity contribution in [2.45, 2.75) is 26.0 Å². The fraction of sp³-hybridized carbons (Fsp3) is 0.250. The zero-order valence-electron chi connectivity index (χ0n) is 11.4. The van der Waals surface area contributed by atoms with E-state index in [1.54, 1.807) is 0 Å². The molecule has 4 nitrogen and oxygen atoms in total. The second-order valence-corrected chi connectivity index (χ2v) is 4.53. The number of carbonyl (C=O) groups is 2. The number of nitrogens with zero attached hydrogens (tertiary/aromatic N) is 1. The minimum Gasteiger partial charge on any atom is -0.444 e. The molecule has 1 aromatic carbocycles. The highest BCUT2D eigenvalue weighted by atomic mass is 16.6. The molecule has 0 saturated carbocycles. The summed E-state index contributed by atoms with van der Waals surface area (Å²) in [6, 6.07) is 9.22. The molecular weight excluding hydrogens is 254 g/mol. The van der Waals surface area contributed by atoms with Crippen LogP contribution in [-0.2, 0) is 16.1 Å². The fourth-order valence-corrected chi connectivity index (χ4v) is 2.02. The van der Waals surface area contributed by atoms with Gasteiger partial charge in [-0.25, -0.2) is 4.79 Å². The van der Waals surface area contributed by atoms with Gasteiger partial charge in [0.1, 0.15) is 6.61 Å². The first kappa shape index (κ1) is 14.1. The van der Waals surface area contributed by atoms with E-state index in [4.69, 9.17) is 4.74 Å². The number of benzene rings is 1. The van der Waals surface area contributed by atoms with E-state index in [1.165, 1.54) is 17.2 Å². The van der Waals surface area contributed by atoms with Crippen molar-refractivity contribution < 1.29 is 14.3 Å². The summed E-state index contributed by atoms with van der Waals surface area (Å²) < 4.78 is 5.27.